The SMILES string of the molecule is CCCC1(C(=O)NCCCCCCC(=O)O)CCCN1. The molecule has 0 aromatic heterocycles. The van der Waals surface area contributed by atoms with Gasteiger partial charge in [-0.2, -0.15) is 0 Å². The van der Waals surface area contributed by atoms with E-state index in [1.54, 1.807) is 0 Å². The van der Waals surface area contributed by atoms with Crippen LogP contribution in [0.15, 0.2) is 0 Å². The number of unbranched alkanes of at least 4 members (excludes halogenated alkanes) is 3. The predicted molar refractivity (Wildman–Crippen MR) is 78.6 cm³/mol. The highest BCUT2D eigenvalue weighted by Crippen LogP contribution is 2.24. The number of aliphatic carboxylic acids is 1. The molecule has 1 heterocycles. The van der Waals surface area contributed by atoms with Gasteiger partial charge in [-0.15, -0.1) is 0 Å². The van der Waals surface area contributed by atoms with Crippen LogP contribution < -0.4 is 10.6 Å². The third kappa shape index (κ3) is 5.49. The van der Waals surface area contributed by atoms with Crippen molar-refractivity contribution in [2.24, 2.45) is 0 Å². The molecule has 1 atom stereocenters. The fraction of sp³-hybridized carbons (Fsp3) is 0.867. The molecule has 0 radical (unpaired) electrons. The number of nitrogens with one attached hydrogen (secondary N) is 2. The number of hydrogen-bond acceptors (Lipinski definition) is 3. The van der Waals surface area contributed by atoms with Crippen molar-refractivity contribution in [3.05, 3.63) is 0 Å². The highest BCUT2D eigenvalue weighted by atomic mass is 16.4. The lowest BCUT2D eigenvalue weighted by molar-refractivity contribution is -0.137. The summed E-state index contributed by atoms with van der Waals surface area (Å²) in [4.78, 5) is 22.6. The third-order valence-electron chi connectivity index (χ3n) is 3.96. The monoisotopic (exact) mass is 284 g/mol. The Bertz CT molecular complexity index is 312. The Labute approximate surface area is 121 Å². The summed E-state index contributed by atoms with van der Waals surface area (Å²) in [7, 11) is 0. The highest BCUT2D eigenvalue weighted by molar-refractivity contribution is 5.86. The van der Waals surface area contributed by atoms with Gasteiger partial charge in [-0.25, -0.2) is 0 Å². The lowest BCUT2D eigenvalue weighted by Crippen LogP contribution is -2.53. The number of rotatable bonds is 10. The topological polar surface area (TPSA) is 78.4 Å². The quantitative estimate of drug-likeness (QED) is 0.537. The largest absolute Gasteiger partial charge is 0.481 e. The molecule has 116 valence electrons. The van der Waals surface area contributed by atoms with Gasteiger partial charge in [0.15, 0.2) is 0 Å². The first kappa shape index (κ1) is 17.0. The molecule has 5 nitrogen and oxygen atoms in total. The third-order valence-corrected chi connectivity index (χ3v) is 3.96. The summed E-state index contributed by atoms with van der Waals surface area (Å²) in [5, 5.41) is 14.9. The van der Waals surface area contributed by atoms with Crippen LogP contribution in [0.2, 0.25) is 0 Å². The number of carbonyl (C=O) groups excluding carboxylic acids is 1. The predicted octanol–water partition coefficient (Wildman–Crippen LogP) is 2.06. The Hall–Kier alpha value is -1.10. The van der Waals surface area contributed by atoms with E-state index in [1.807, 2.05) is 0 Å². The van der Waals surface area contributed by atoms with E-state index in [2.05, 4.69) is 17.6 Å². The average molecular weight is 284 g/mol. The first-order valence-corrected chi connectivity index (χ1v) is 7.86. The molecule has 0 aromatic rings. The second kappa shape index (κ2) is 8.95. The van der Waals surface area contributed by atoms with Crippen LogP contribution in [-0.2, 0) is 9.59 Å². The van der Waals surface area contributed by atoms with Gasteiger partial charge in [0.1, 0.15) is 0 Å². The van der Waals surface area contributed by atoms with Gasteiger partial charge in [0.05, 0.1) is 5.54 Å². The van der Waals surface area contributed by atoms with Crippen molar-refractivity contribution in [1.82, 2.24) is 10.6 Å². The molecule has 0 aromatic carbocycles. The molecule has 1 saturated heterocycles. The molecule has 1 fully saturated rings. The minimum Gasteiger partial charge on any atom is -0.481 e. The first-order valence-electron chi connectivity index (χ1n) is 7.86. The van der Waals surface area contributed by atoms with Gasteiger partial charge < -0.3 is 15.7 Å². The number of amides is 1. The van der Waals surface area contributed by atoms with Crippen LogP contribution in [0.3, 0.4) is 0 Å². The standard InChI is InChI=1S/C15H28N2O3/c1-2-9-15(10-7-12-17-15)14(20)16-11-6-4-3-5-8-13(18)19/h17H,2-12H2,1H3,(H,16,20)(H,18,19). The van der Waals surface area contributed by atoms with Gasteiger partial charge in [0, 0.05) is 13.0 Å². The van der Waals surface area contributed by atoms with E-state index < -0.39 is 5.97 Å². The second-order valence-corrected chi connectivity index (χ2v) is 5.68. The van der Waals surface area contributed by atoms with Crippen molar-refractivity contribution in [2.45, 2.75) is 70.3 Å². The Morgan fingerprint density at radius 2 is 2.00 bits per heavy atom. The number of carbonyl (C=O) groups is 2. The molecule has 0 bridgehead atoms. The van der Waals surface area contributed by atoms with E-state index in [0.29, 0.717) is 6.54 Å². The van der Waals surface area contributed by atoms with Gasteiger partial charge in [-0.3, -0.25) is 9.59 Å². The van der Waals surface area contributed by atoms with Gasteiger partial charge >= 0.3 is 5.97 Å². The molecule has 20 heavy (non-hydrogen) atoms. The van der Waals surface area contributed by atoms with Crippen molar-refractivity contribution in [3.63, 3.8) is 0 Å². The molecular formula is C15H28N2O3. The normalized spacial score (nSPS) is 21.9. The van der Waals surface area contributed by atoms with E-state index in [1.165, 1.54) is 0 Å². The van der Waals surface area contributed by atoms with Crippen LogP contribution in [-0.4, -0.2) is 35.6 Å². The zero-order valence-electron chi connectivity index (χ0n) is 12.5. The maximum Gasteiger partial charge on any atom is 0.303 e. The summed E-state index contributed by atoms with van der Waals surface area (Å²) in [6, 6.07) is 0. The van der Waals surface area contributed by atoms with Crippen molar-refractivity contribution in [2.75, 3.05) is 13.1 Å². The van der Waals surface area contributed by atoms with Crippen molar-refractivity contribution >= 4 is 11.9 Å². The Kier molecular flexibility index (Phi) is 7.59. The van der Waals surface area contributed by atoms with Gasteiger partial charge in [0.2, 0.25) is 5.91 Å². The molecule has 1 unspecified atom stereocenters. The fourth-order valence-corrected chi connectivity index (χ4v) is 2.88. The molecule has 1 aliphatic rings. The molecule has 0 aliphatic carbocycles. The van der Waals surface area contributed by atoms with Gasteiger partial charge in [-0.1, -0.05) is 26.2 Å². The summed E-state index contributed by atoms with van der Waals surface area (Å²) in [5.41, 5.74) is -0.335. The van der Waals surface area contributed by atoms with Crippen molar-refractivity contribution < 1.29 is 14.7 Å². The molecule has 1 amide bonds. The molecule has 0 saturated carbocycles. The maximum atomic E-state index is 12.3. The van der Waals surface area contributed by atoms with Crippen molar-refractivity contribution in [3.8, 4) is 0 Å². The molecule has 1 aliphatic heterocycles. The molecular weight excluding hydrogens is 256 g/mol. The Morgan fingerprint density at radius 1 is 1.25 bits per heavy atom. The van der Waals surface area contributed by atoms with E-state index in [-0.39, 0.29) is 17.9 Å². The average Bonchev–Trinajstić information content (AvgIpc) is 2.87. The smallest absolute Gasteiger partial charge is 0.303 e. The molecule has 0 spiro atoms. The van der Waals surface area contributed by atoms with Crippen LogP contribution in [0.1, 0.15) is 64.7 Å². The number of carboxylic acids is 1. The van der Waals surface area contributed by atoms with Crippen LogP contribution in [0.4, 0.5) is 0 Å². The summed E-state index contributed by atoms with van der Waals surface area (Å²) in [5.74, 6) is -0.588. The second-order valence-electron chi connectivity index (χ2n) is 5.68. The van der Waals surface area contributed by atoms with Gasteiger partial charge in [0.25, 0.3) is 0 Å². The molecule has 1 rings (SSSR count). The number of carboxylic acid groups (broad SMARTS) is 1. The van der Waals surface area contributed by atoms with Crippen LogP contribution >= 0.6 is 0 Å². The first-order chi connectivity index (χ1) is 9.60. The van der Waals surface area contributed by atoms with E-state index >= 15 is 0 Å². The lowest BCUT2D eigenvalue weighted by Gasteiger charge is -2.27. The summed E-state index contributed by atoms with van der Waals surface area (Å²) >= 11 is 0. The minimum atomic E-state index is -0.730. The molecule has 3 N–H and O–H groups in total. The van der Waals surface area contributed by atoms with Crippen LogP contribution in [0.5, 0.6) is 0 Å². The fourth-order valence-electron chi connectivity index (χ4n) is 2.88. The van der Waals surface area contributed by atoms with Crippen LogP contribution in [0.25, 0.3) is 0 Å². The maximum absolute atomic E-state index is 12.3. The minimum absolute atomic E-state index is 0.141. The summed E-state index contributed by atoms with van der Waals surface area (Å²) in [6.45, 7) is 3.74. The van der Waals surface area contributed by atoms with Gasteiger partial charge in [-0.05, 0) is 38.6 Å². The Balaban J connectivity index is 2.14. The van der Waals surface area contributed by atoms with Crippen molar-refractivity contribution in [1.29, 1.82) is 0 Å². The van der Waals surface area contributed by atoms with E-state index in [0.717, 1.165) is 57.9 Å². The zero-order valence-corrected chi connectivity index (χ0v) is 12.5. The highest BCUT2D eigenvalue weighted by Gasteiger charge is 2.39. The summed E-state index contributed by atoms with van der Waals surface area (Å²) < 4.78 is 0. The number of hydrogen-bond donors (Lipinski definition) is 3. The zero-order chi connectivity index (χ0) is 14.8. The molecule has 5 heteroatoms. The Morgan fingerprint density at radius 3 is 2.60 bits per heavy atom. The van der Waals surface area contributed by atoms with Crippen LogP contribution in [0, 0.1) is 0 Å². The lowest BCUT2D eigenvalue weighted by atomic mass is 9.91. The van der Waals surface area contributed by atoms with E-state index in [9.17, 15) is 9.59 Å². The summed E-state index contributed by atoms with van der Waals surface area (Å²) in [6.07, 6.45) is 7.71. The van der Waals surface area contributed by atoms with E-state index in [4.69, 9.17) is 5.11 Å².